The first-order chi connectivity index (χ1) is 5.81. The Hall–Kier alpha value is -0.610. The molecule has 0 radical (unpaired) electrons. The number of hydrogen-bond acceptors (Lipinski definition) is 3. The minimum atomic E-state index is -0.377. The van der Waals surface area contributed by atoms with Crippen LogP contribution < -0.4 is 11.1 Å². The van der Waals surface area contributed by atoms with E-state index in [0.717, 1.165) is 0 Å². The topological polar surface area (TPSA) is 64.3 Å². The van der Waals surface area contributed by atoms with Crippen LogP contribution in [0.4, 0.5) is 0 Å². The molecule has 1 amide bonds. The maximum Gasteiger partial charge on any atom is 0.246 e. The lowest BCUT2D eigenvalue weighted by Gasteiger charge is -2.18. The molecule has 0 saturated carbocycles. The first-order valence-electron chi connectivity index (χ1n) is 4.47. The Morgan fingerprint density at radius 1 is 1.54 bits per heavy atom. The van der Waals surface area contributed by atoms with Crippen LogP contribution >= 0.6 is 0 Å². The third kappa shape index (κ3) is 9.30. The number of amides is 1. The molecule has 4 nitrogen and oxygen atoms in total. The summed E-state index contributed by atoms with van der Waals surface area (Å²) in [6.07, 6.45) is 0. The van der Waals surface area contributed by atoms with Gasteiger partial charge in [-0.2, -0.15) is 0 Å². The van der Waals surface area contributed by atoms with Gasteiger partial charge in [0.15, 0.2) is 0 Å². The molecule has 4 heteroatoms. The van der Waals surface area contributed by atoms with Crippen molar-refractivity contribution in [1.29, 1.82) is 0 Å². The Morgan fingerprint density at radius 2 is 2.08 bits per heavy atom. The van der Waals surface area contributed by atoms with E-state index in [2.05, 4.69) is 5.32 Å². The summed E-state index contributed by atoms with van der Waals surface area (Å²) in [5, 5.41) is 2.72. The van der Waals surface area contributed by atoms with Crippen molar-refractivity contribution in [3.8, 4) is 0 Å². The predicted octanol–water partition coefficient (Wildman–Crippen LogP) is 0.265. The van der Waals surface area contributed by atoms with Crippen molar-refractivity contribution in [2.24, 2.45) is 5.73 Å². The van der Waals surface area contributed by atoms with Crippen molar-refractivity contribution in [3.05, 3.63) is 0 Å². The maximum absolute atomic E-state index is 11.1. The Balaban J connectivity index is 3.49. The molecule has 13 heavy (non-hydrogen) atoms. The molecule has 0 aromatic carbocycles. The van der Waals surface area contributed by atoms with Crippen LogP contribution in [0.15, 0.2) is 0 Å². The molecular formula is C9H20N2O2. The zero-order chi connectivity index (χ0) is 10.5. The molecule has 0 atom stereocenters. The summed E-state index contributed by atoms with van der Waals surface area (Å²) in [6.45, 7) is 7.99. The number of nitrogens with two attached hydrogens (primary N) is 1. The van der Waals surface area contributed by atoms with Gasteiger partial charge in [-0.05, 0) is 27.7 Å². The number of carbonyl (C=O) groups excluding carboxylic acids is 1. The highest BCUT2D eigenvalue weighted by molar-refractivity contribution is 5.77. The summed E-state index contributed by atoms with van der Waals surface area (Å²) in [5.74, 6) is -0.0979. The highest BCUT2D eigenvalue weighted by Crippen LogP contribution is 1.96. The lowest BCUT2D eigenvalue weighted by atomic mass is 10.1. The quantitative estimate of drug-likeness (QED) is 0.650. The van der Waals surface area contributed by atoms with Crippen molar-refractivity contribution < 1.29 is 9.53 Å². The van der Waals surface area contributed by atoms with Gasteiger partial charge in [-0.1, -0.05) is 0 Å². The van der Waals surface area contributed by atoms with Crippen LogP contribution in [0.1, 0.15) is 27.7 Å². The third-order valence-electron chi connectivity index (χ3n) is 1.16. The first-order valence-corrected chi connectivity index (χ1v) is 4.47. The Kier molecular flexibility index (Phi) is 4.95. The highest BCUT2D eigenvalue weighted by atomic mass is 16.5. The van der Waals surface area contributed by atoms with Crippen LogP contribution in [0.3, 0.4) is 0 Å². The monoisotopic (exact) mass is 188 g/mol. The molecule has 0 aliphatic heterocycles. The Bertz CT molecular complexity index is 161. The van der Waals surface area contributed by atoms with Crippen LogP contribution in [0, 0.1) is 0 Å². The number of nitrogens with one attached hydrogen (secondary N) is 1. The van der Waals surface area contributed by atoms with Crippen molar-refractivity contribution in [3.63, 3.8) is 0 Å². The van der Waals surface area contributed by atoms with E-state index in [4.69, 9.17) is 10.5 Å². The fourth-order valence-electron chi connectivity index (χ4n) is 0.770. The minimum Gasteiger partial charge on any atom is -0.370 e. The van der Waals surface area contributed by atoms with Gasteiger partial charge in [0.1, 0.15) is 6.61 Å². The molecule has 0 aliphatic carbocycles. The standard InChI is InChI=1S/C9H20N2O2/c1-7(2)11-8(12)5-13-6-9(3,4)10/h7H,5-6,10H2,1-4H3,(H,11,12). The third-order valence-corrected chi connectivity index (χ3v) is 1.16. The van der Waals surface area contributed by atoms with Crippen molar-refractivity contribution in [1.82, 2.24) is 5.32 Å². The molecule has 0 unspecified atom stereocenters. The average Bonchev–Trinajstić information content (AvgIpc) is 1.81. The van der Waals surface area contributed by atoms with E-state index in [1.54, 1.807) is 0 Å². The van der Waals surface area contributed by atoms with E-state index in [-0.39, 0.29) is 24.1 Å². The van der Waals surface area contributed by atoms with Gasteiger partial charge in [-0.25, -0.2) is 0 Å². The largest absolute Gasteiger partial charge is 0.370 e. The first kappa shape index (κ1) is 12.4. The smallest absolute Gasteiger partial charge is 0.246 e. The SMILES string of the molecule is CC(C)NC(=O)COCC(C)(C)N. The van der Waals surface area contributed by atoms with Gasteiger partial charge in [0.2, 0.25) is 5.91 Å². The van der Waals surface area contributed by atoms with E-state index in [1.807, 2.05) is 27.7 Å². The Labute approximate surface area is 79.8 Å². The normalized spacial score (nSPS) is 11.8. The zero-order valence-electron chi connectivity index (χ0n) is 8.89. The molecule has 0 aromatic rings. The average molecular weight is 188 g/mol. The second-order valence-corrected chi connectivity index (χ2v) is 4.20. The molecule has 78 valence electrons. The van der Waals surface area contributed by atoms with E-state index in [0.29, 0.717) is 6.61 Å². The van der Waals surface area contributed by atoms with Crippen LogP contribution in [0.25, 0.3) is 0 Å². The zero-order valence-corrected chi connectivity index (χ0v) is 8.89. The second-order valence-electron chi connectivity index (χ2n) is 4.20. The number of hydrogen-bond donors (Lipinski definition) is 2. The van der Waals surface area contributed by atoms with Crippen molar-refractivity contribution >= 4 is 5.91 Å². The molecule has 0 saturated heterocycles. The van der Waals surface area contributed by atoms with Crippen LogP contribution in [0.5, 0.6) is 0 Å². The predicted molar refractivity (Wildman–Crippen MR) is 52.4 cm³/mol. The summed E-state index contributed by atoms with van der Waals surface area (Å²) in [5.41, 5.74) is 5.29. The summed E-state index contributed by atoms with van der Waals surface area (Å²) in [4.78, 5) is 11.1. The fourth-order valence-corrected chi connectivity index (χ4v) is 0.770. The van der Waals surface area contributed by atoms with Crippen LogP contribution in [0.2, 0.25) is 0 Å². The van der Waals surface area contributed by atoms with Gasteiger partial charge in [0.05, 0.1) is 6.61 Å². The van der Waals surface area contributed by atoms with Crippen LogP contribution in [-0.2, 0) is 9.53 Å². The lowest BCUT2D eigenvalue weighted by molar-refractivity contribution is -0.126. The number of rotatable bonds is 5. The molecule has 0 fully saturated rings. The van der Waals surface area contributed by atoms with Gasteiger partial charge in [-0.15, -0.1) is 0 Å². The van der Waals surface area contributed by atoms with E-state index in [1.165, 1.54) is 0 Å². The molecule has 0 rings (SSSR count). The van der Waals surface area contributed by atoms with Gasteiger partial charge in [0.25, 0.3) is 0 Å². The Morgan fingerprint density at radius 3 is 2.46 bits per heavy atom. The van der Waals surface area contributed by atoms with Gasteiger partial charge in [0, 0.05) is 11.6 Å². The number of ether oxygens (including phenoxy) is 1. The fraction of sp³-hybridized carbons (Fsp3) is 0.889. The van der Waals surface area contributed by atoms with Gasteiger partial charge >= 0.3 is 0 Å². The van der Waals surface area contributed by atoms with Crippen LogP contribution in [-0.4, -0.2) is 30.7 Å². The minimum absolute atomic E-state index is 0.0822. The van der Waals surface area contributed by atoms with Crippen molar-refractivity contribution in [2.75, 3.05) is 13.2 Å². The molecule has 0 spiro atoms. The molecule has 0 aromatic heterocycles. The van der Waals surface area contributed by atoms with Gasteiger partial charge in [-0.3, -0.25) is 4.79 Å². The summed E-state index contributed by atoms with van der Waals surface area (Å²) >= 11 is 0. The molecular weight excluding hydrogens is 168 g/mol. The molecule has 0 heterocycles. The molecule has 0 bridgehead atoms. The molecule has 0 aliphatic rings. The van der Waals surface area contributed by atoms with Gasteiger partial charge < -0.3 is 15.8 Å². The molecule has 3 N–H and O–H groups in total. The van der Waals surface area contributed by atoms with E-state index >= 15 is 0 Å². The number of carbonyl (C=O) groups is 1. The highest BCUT2D eigenvalue weighted by Gasteiger charge is 2.11. The maximum atomic E-state index is 11.1. The van der Waals surface area contributed by atoms with Crippen molar-refractivity contribution in [2.45, 2.75) is 39.3 Å². The summed E-state index contributed by atoms with van der Waals surface area (Å²) < 4.78 is 5.12. The lowest BCUT2D eigenvalue weighted by Crippen LogP contribution is -2.40. The second kappa shape index (κ2) is 5.19. The van der Waals surface area contributed by atoms with E-state index in [9.17, 15) is 4.79 Å². The summed E-state index contributed by atoms with van der Waals surface area (Å²) in [6, 6.07) is 0.155. The summed E-state index contributed by atoms with van der Waals surface area (Å²) in [7, 11) is 0. The van der Waals surface area contributed by atoms with E-state index < -0.39 is 0 Å².